The monoisotopic (exact) mass is 309 g/mol. The van der Waals surface area contributed by atoms with Crippen LogP contribution in [0.3, 0.4) is 0 Å². The molecule has 1 aliphatic rings. The summed E-state index contributed by atoms with van der Waals surface area (Å²) in [5, 5.41) is 10.5. The van der Waals surface area contributed by atoms with Crippen LogP contribution >= 0.6 is 0 Å². The molecule has 1 aromatic carbocycles. The number of rotatable bonds is 2. The van der Waals surface area contributed by atoms with Gasteiger partial charge in [0.25, 0.3) is 0 Å². The van der Waals surface area contributed by atoms with E-state index >= 15 is 0 Å². The first-order valence-electron chi connectivity index (χ1n) is 6.94. The zero-order valence-corrected chi connectivity index (χ0v) is 12.6. The minimum absolute atomic E-state index is 0.120. The number of H-pyrrole nitrogens is 1. The van der Waals surface area contributed by atoms with Crippen LogP contribution < -0.4 is 5.73 Å². The molecule has 0 bridgehead atoms. The van der Waals surface area contributed by atoms with E-state index in [4.69, 9.17) is 5.73 Å². The van der Waals surface area contributed by atoms with Gasteiger partial charge in [0.05, 0.1) is 6.10 Å². The van der Waals surface area contributed by atoms with Gasteiger partial charge in [-0.05, 0) is 30.5 Å². The molecular formula is C14H19N3O3S. The molecule has 1 saturated heterocycles. The maximum absolute atomic E-state index is 12.8. The first-order valence-corrected chi connectivity index (χ1v) is 8.38. The fourth-order valence-corrected chi connectivity index (χ4v) is 4.33. The van der Waals surface area contributed by atoms with Crippen molar-refractivity contribution in [1.29, 1.82) is 0 Å². The van der Waals surface area contributed by atoms with Gasteiger partial charge in [-0.15, -0.1) is 0 Å². The zero-order valence-electron chi connectivity index (χ0n) is 11.8. The molecule has 2 atom stereocenters. The lowest BCUT2D eigenvalue weighted by molar-refractivity contribution is 0.0605. The molecule has 0 saturated carbocycles. The Hall–Kier alpha value is -1.57. The number of anilines is 1. The Morgan fingerprint density at radius 2 is 2.19 bits per heavy atom. The van der Waals surface area contributed by atoms with Crippen LogP contribution in [0.2, 0.25) is 0 Å². The van der Waals surface area contributed by atoms with E-state index in [2.05, 4.69) is 4.98 Å². The number of benzene rings is 1. The summed E-state index contributed by atoms with van der Waals surface area (Å²) in [6.45, 7) is 2.50. The molecule has 0 aliphatic carbocycles. The van der Waals surface area contributed by atoms with E-state index in [0.717, 1.165) is 5.52 Å². The van der Waals surface area contributed by atoms with Gasteiger partial charge in [0.1, 0.15) is 4.90 Å². The molecule has 2 unspecified atom stereocenters. The number of hydrogen-bond donors (Lipinski definition) is 3. The SMILES string of the molecule is CC1CCN(S(=O)(=O)c2c[nH]c3ccc(N)cc23)CC1O. The van der Waals surface area contributed by atoms with E-state index in [0.29, 0.717) is 24.0 Å². The molecule has 1 aromatic heterocycles. The van der Waals surface area contributed by atoms with E-state index in [1.165, 1.54) is 10.5 Å². The Morgan fingerprint density at radius 3 is 2.90 bits per heavy atom. The van der Waals surface area contributed by atoms with Crippen molar-refractivity contribution in [3.05, 3.63) is 24.4 Å². The molecule has 0 radical (unpaired) electrons. The quantitative estimate of drug-likeness (QED) is 0.724. The number of aliphatic hydroxyl groups excluding tert-OH is 1. The van der Waals surface area contributed by atoms with E-state index in [-0.39, 0.29) is 17.4 Å². The van der Waals surface area contributed by atoms with Gasteiger partial charge >= 0.3 is 0 Å². The fourth-order valence-electron chi connectivity index (χ4n) is 2.70. The van der Waals surface area contributed by atoms with Gasteiger partial charge in [-0.3, -0.25) is 0 Å². The van der Waals surface area contributed by atoms with Crippen LogP contribution in [0.15, 0.2) is 29.3 Å². The second kappa shape index (κ2) is 5.01. The third-order valence-electron chi connectivity index (χ3n) is 4.17. The van der Waals surface area contributed by atoms with Gasteiger partial charge in [0.15, 0.2) is 0 Å². The predicted molar refractivity (Wildman–Crippen MR) is 81.3 cm³/mol. The van der Waals surface area contributed by atoms with Crippen molar-refractivity contribution in [2.45, 2.75) is 24.3 Å². The van der Waals surface area contributed by atoms with Gasteiger partial charge in [-0.25, -0.2) is 8.42 Å². The van der Waals surface area contributed by atoms with Crippen LogP contribution in [0, 0.1) is 5.92 Å². The number of nitrogens with one attached hydrogen (secondary N) is 1. The van der Waals surface area contributed by atoms with Crippen molar-refractivity contribution >= 4 is 26.6 Å². The van der Waals surface area contributed by atoms with Crippen molar-refractivity contribution in [3.63, 3.8) is 0 Å². The number of sulfonamides is 1. The summed E-state index contributed by atoms with van der Waals surface area (Å²) in [5.74, 6) is 0.120. The molecular weight excluding hydrogens is 290 g/mol. The number of aliphatic hydroxyl groups is 1. The molecule has 7 heteroatoms. The number of piperidine rings is 1. The highest BCUT2D eigenvalue weighted by molar-refractivity contribution is 7.89. The summed E-state index contributed by atoms with van der Waals surface area (Å²) < 4.78 is 26.9. The second-order valence-electron chi connectivity index (χ2n) is 5.65. The minimum Gasteiger partial charge on any atom is -0.399 e. The van der Waals surface area contributed by atoms with Gasteiger partial charge in [-0.1, -0.05) is 6.92 Å². The molecule has 3 rings (SSSR count). The Morgan fingerprint density at radius 1 is 1.43 bits per heavy atom. The van der Waals surface area contributed by atoms with Crippen LogP contribution in [0.25, 0.3) is 10.9 Å². The summed E-state index contributed by atoms with van der Waals surface area (Å²) >= 11 is 0. The smallest absolute Gasteiger partial charge is 0.245 e. The standard InChI is InChI=1S/C14H19N3O3S/c1-9-4-5-17(8-13(9)18)21(19,20)14-7-16-12-3-2-10(15)6-11(12)14/h2-3,6-7,9,13,16,18H,4-5,8,15H2,1H3. The number of nitrogen functional groups attached to an aromatic ring is 1. The highest BCUT2D eigenvalue weighted by Crippen LogP contribution is 2.29. The lowest BCUT2D eigenvalue weighted by atomic mass is 9.98. The van der Waals surface area contributed by atoms with E-state index in [9.17, 15) is 13.5 Å². The van der Waals surface area contributed by atoms with Gasteiger partial charge < -0.3 is 15.8 Å². The van der Waals surface area contributed by atoms with E-state index in [1.54, 1.807) is 18.2 Å². The lowest BCUT2D eigenvalue weighted by Crippen LogP contribution is -2.45. The maximum Gasteiger partial charge on any atom is 0.245 e. The number of fused-ring (bicyclic) bond motifs is 1. The molecule has 2 aromatic rings. The normalized spacial score (nSPS) is 24.5. The van der Waals surface area contributed by atoms with Crippen molar-refractivity contribution in [2.75, 3.05) is 18.8 Å². The molecule has 0 amide bonds. The number of β-amino-alcohol motifs (C(OH)–C–C–N with tert-alkyl or cyclic N) is 1. The fraction of sp³-hybridized carbons (Fsp3) is 0.429. The Balaban J connectivity index is 2.02. The summed E-state index contributed by atoms with van der Waals surface area (Å²) in [6.07, 6.45) is 1.53. The van der Waals surface area contributed by atoms with Gasteiger partial charge in [0, 0.05) is 35.9 Å². The largest absolute Gasteiger partial charge is 0.399 e. The highest BCUT2D eigenvalue weighted by Gasteiger charge is 2.34. The predicted octanol–water partition coefficient (Wildman–Crippen LogP) is 1.14. The van der Waals surface area contributed by atoms with Gasteiger partial charge in [-0.2, -0.15) is 4.31 Å². The van der Waals surface area contributed by atoms with Crippen LogP contribution in [0.5, 0.6) is 0 Å². The summed E-state index contributed by atoms with van der Waals surface area (Å²) in [6, 6.07) is 5.14. The van der Waals surface area contributed by atoms with Crippen molar-refractivity contribution in [3.8, 4) is 0 Å². The summed E-state index contributed by atoms with van der Waals surface area (Å²) in [5.41, 5.74) is 7.00. The first-order chi connectivity index (χ1) is 9.89. The number of aromatic amines is 1. The number of hydrogen-bond acceptors (Lipinski definition) is 4. The summed E-state index contributed by atoms with van der Waals surface area (Å²) in [7, 11) is -3.63. The minimum atomic E-state index is -3.63. The second-order valence-corrected chi connectivity index (χ2v) is 7.56. The number of nitrogens with zero attached hydrogens (tertiary/aromatic N) is 1. The molecule has 6 nitrogen and oxygen atoms in total. The molecule has 1 fully saturated rings. The molecule has 1 aliphatic heterocycles. The number of aromatic nitrogens is 1. The van der Waals surface area contributed by atoms with Crippen LogP contribution in [-0.4, -0.2) is 42.0 Å². The number of nitrogens with two attached hydrogens (primary N) is 1. The third-order valence-corrected chi connectivity index (χ3v) is 6.07. The van der Waals surface area contributed by atoms with Crippen LogP contribution in [0.4, 0.5) is 5.69 Å². The molecule has 114 valence electrons. The Bertz CT molecular complexity index is 769. The van der Waals surface area contributed by atoms with Crippen LogP contribution in [0.1, 0.15) is 13.3 Å². The average molecular weight is 309 g/mol. The third kappa shape index (κ3) is 2.41. The van der Waals surface area contributed by atoms with E-state index in [1.807, 2.05) is 6.92 Å². The Labute approximate surface area is 123 Å². The summed E-state index contributed by atoms with van der Waals surface area (Å²) in [4.78, 5) is 3.17. The van der Waals surface area contributed by atoms with E-state index < -0.39 is 16.1 Å². The average Bonchev–Trinajstić information content (AvgIpc) is 2.85. The highest BCUT2D eigenvalue weighted by atomic mass is 32.2. The lowest BCUT2D eigenvalue weighted by Gasteiger charge is -2.33. The maximum atomic E-state index is 12.8. The van der Waals surface area contributed by atoms with Gasteiger partial charge in [0.2, 0.25) is 10.0 Å². The van der Waals surface area contributed by atoms with Crippen molar-refractivity contribution in [2.24, 2.45) is 5.92 Å². The van der Waals surface area contributed by atoms with Crippen molar-refractivity contribution in [1.82, 2.24) is 9.29 Å². The molecule has 4 N–H and O–H groups in total. The Kier molecular flexibility index (Phi) is 3.43. The first kappa shape index (κ1) is 14.4. The van der Waals surface area contributed by atoms with Crippen LogP contribution in [-0.2, 0) is 10.0 Å². The van der Waals surface area contributed by atoms with Crippen molar-refractivity contribution < 1.29 is 13.5 Å². The topological polar surface area (TPSA) is 99.4 Å². The molecule has 2 heterocycles. The molecule has 0 spiro atoms. The molecule has 21 heavy (non-hydrogen) atoms. The zero-order chi connectivity index (χ0) is 15.2.